The number of pyridine rings is 1. The Morgan fingerprint density at radius 3 is 2.53 bits per heavy atom. The molecule has 0 spiro atoms. The van der Waals surface area contributed by atoms with Gasteiger partial charge in [-0.05, 0) is 92.5 Å². The number of likely N-dealkylation sites (tertiary alicyclic amines) is 1. The highest BCUT2D eigenvalue weighted by Crippen LogP contribution is 2.49. The number of fused-ring (bicyclic) bond motifs is 2. The number of carbonyl (C=O) groups excluding carboxylic acids is 2. The van der Waals surface area contributed by atoms with Gasteiger partial charge in [0, 0.05) is 48.3 Å². The van der Waals surface area contributed by atoms with Crippen molar-refractivity contribution in [2.45, 2.75) is 63.6 Å². The van der Waals surface area contributed by atoms with E-state index in [0.29, 0.717) is 23.7 Å². The van der Waals surface area contributed by atoms with Crippen LogP contribution in [-0.2, 0) is 9.53 Å². The van der Waals surface area contributed by atoms with Crippen molar-refractivity contribution < 1.29 is 18.7 Å². The highest BCUT2D eigenvalue weighted by atomic mass is 19.1. The van der Waals surface area contributed by atoms with Gasteiger partial charge in [0.2, 0.25) is 5.91 Å². The van der Waals surface area contributed by atoms with E-state index in [1.165, 1.54) is 6.07 Å². The number of ether oxygens (including phenoxy) is 1. The standard InChI is InChI=1S/C37H39FN4O3/c1-23-5-2-8-31(38)34(23)37(44)42-33-9-3-6-26(33)21-30(36(43)41-29-15-10-24-7-4-18-39-32(24)22-29)35(42)25-11-13-27(14-12-25)40-28-16-19-45-20-17-28/h2,4-5,7-8,10-15,18,22,26,28,30,33,35,40H,3,6,9,16-17,19-21H2,1H3,(H,41,43). The fraction of sp³-hybridized carbons (Fsp3) is 0.378. The molecule has 45 heavy (non-hydrogen) atoms. The van der Waals surface area contributed by atoms with Gasteiger partial charge < -0.3 is 20.3 Å². The van der Waals surface area contributed by atoms with Crippen LogP contribution in [0.1, 0.15) is 66.1 Å². The summed E-state index contributed by atoms with van der Waals surface area (Å²) in [7, 11) is 0. The van der Waals surface area contributed by atoms with E-state index in [0.717, 1.165) is 67.5 Å². The predicted octanol–water partition coefficient (Wildman–Crippen LogP) is 7.28. The fourth-order valence-electron chi connectivity index (χ4n) is 7.70. The van der Waals surface area contributed by atoms with Crippen LogP contribution in [0.15, 0.2) is 79.0 Å². The molecule has 3 fully saturated rings. The van der Waals surface area contributed by atoms with Crippen LogP contribution in [0.4, 0.5) is 15.8 Å². The van der Waals surface area contributed by atoms with Crippen molar-refractivity contribution in [1.82, 2.24) is 9.88 Å². The van der Waals surface area contributed by atoms with Crippen molar-refractivity contribution in [2.75, 3.05) is 23.8 Å². The van der Waals surface area contributed by atoms with Crippen LogP contribution in [-0.4, -0.2) is 47.0 Å². The Kier molecular flexibility index (Phi) is 8.23. The lowest BCUT2D eigenvalue weighted by Gasteiger charge is -2.48. The van der Waals surface area contributed by atoms with Crippen LogP contribution in [0.5, 0.6) is 0 Å². The SMILES string of the molecule is Cc1cccc(F)c1C(=O)N1C2CCCC2CC(C(=O)Nc2ccc3cccnc3c2)C1c1ccc(NC2CCOCC2)cc1. The zero-order chi connectivity index (χ0) is 30.9. The number of anilines is 2. The molecule has 0 bridgehead atoms. The maximum Gasteiger partial charge on any atom is 0.257 e. The van der Waals surface area contributed by atoms with E-state index in [1.807, 2.05) is 59.5 Å². The molecule has 3 aliphatic rings. The first kappa shape index (κ1) is 29.4. The number of halogens is 1. The zero-order valence-electron chi connectivity index (χ0n) is 25.5. The summed E-state index contributed by atoms with van der Waals surface area (Å²) in [5.41, 5.74) is 4.02. The third-order valence-corrected chi connectivity index (χ3v) is 9.94. The van der Waals surface area contributed by atoms with Gasteiger partial charge in [-0.25, -0.2) is 4.39 Å². The Bertz CT molecular complexity index is 1680. The number of nitrogens with zero attached hydrogens (tertiary/aromatic N) is 2. The molecule has 7 nitrogen and oxygen atoms in total. The Labute approximate surface area is 263 Å². The maximum absolute atomic E-state index is 15.3. The number of amides is 2. The molecule has 2 aliphatic heterocycles. The van der Waals surface area contributed by atoms with Crippen molar-refractivity contribution in [3.8, 4) is 0 Å². The fourth-order valence-corrected chi connectivity index (χ4v) is 7.70. The molecule has 3 aromatic carbocycles. The largest absolute Gasteiger partial charge is 0.382 e. The lowest BCUT2D eigenvalue weighted by molar-refractivity contribution is -0.125. The van der Waals surface area contributed by atoms with Crippen molar-refractivity contribution in [3.63, 3.8) is 0 Å². The molecule has 1 saturated carbocycles. The number of piperidine rings is 1. The van der Waals surface area contributed by atoms with Crippen molar-refractivity contribution >= 4 is 34.1 Å². The molecular weight excluding hydrogens is 567 g/mol. The number of hydrogen-bond donors (Lipinski definition) is 2. The minimum absolute atomic E-state index is 0.0598. The van der Waals surface area contributed by atoms with Gasteiger partial charge in [-0.1, -0.05) is 42.8 Å². The number of carbonyl (C=O) groups is 2. The molecule has 7 rings (SSSR count). The molecule has 2 N–H and O–H groups in total. The third-order valence-electron chi connectivity index (χ3n) is 9.94. The number of benzene rings is 3. The van der Waals surface area contributed by atoms with Gasteiger partial charge in [0.15, 0.2) is 0 Å². The van der Waals surface area contributed by atoms with E-state index < -0.39 is 17.8 Å². The molecule has 3 heterocycles. The molecule has 4 aromatic rings. The monoisotopic (exact) mass is 606 g/mol. The van der Waals surface area contributed by atoms with E-state index in [1.54, 1.807) is 25.3 Å². The minimum atomic E-state index is -0.549. The van der Waals surface area contributed by atoms with E-state index >= 15 is 4.39 Å². The minimum Gasteiger partial charge on any atom is -0.382 e. The zero-order valence-corrected chi connectivity index (χ0v) is 25.5. The second-order valence-corrected chi connectivity index (χ2v) is 12.7. The third kappa shape index (κ3) is 5.91. The second kappa shape index (κ2) is 12.6. The Morgan fingerprint density at radius 2 is 1.73 bits per heavy atom. The molecule has 232 valence electrons. The smallest absolute Gasteiger partial charge is 0.257 e. The summed E-state index contributed by atoms with van der Waals surface area (Å²) in [6.07, 6.45) is 7.05. The molecular formula is C37H39FN4O3. The van der Waals surface area contributed by atoms with E-state index in [2.05, 4.69) is 15.6 Å². The summed E-state index contributed by atoms with van der Waals surface area (Å²) in [6.45, 7) is 3.27. The first-order valence-electron chi connectivity index (χ1n) is 16.1. The Morgan fingerprint density at radius 1 is 0.933 bits per heavy atom. The summed E-state index contributed by atoms with van der Waals surface area (Å²) in [6, 6.07) is 22.2. The van der Waals surface area contributed by atoms with Crippen LogP contribution in [0.25, 0.3) is 10.9 Å². The van der Waals surface area contributed by atoms with Crippen LogP contribution >= 0.6 is 0 Å². The summed E-state index contributed by atoms with van der Waals surface area (Å²) < 4.78 is 20.8. The first-order valence-corrected chi connectivity index (χ1v) is 16.1. The molecule has 2 saturated heterocycles. The summed E-state index contributed by atoms with van der Waals surface area (Å²) >= 11 is 0. The lowest BCUT2D eigenvalue weighted by atomic mass is 9.76. The van der Waals surface area contributed by atoms with Gasteiger partial charge in [-0.15, -0.1) is 0 Å². The van der Waals surface area contributed by atoms with Crippen molar-refractivity contribution in [1.29, 1.82) is 0 Å². The molecule has 8 heteroatoms. The Hall–Kier alpha value is -4.30. The molecule has 4 unspecified atom stereocenters. The van der Waals surface area contributed by atoms with E-state index in [4.69, 9.17) is 4.74 Å². The summed E-state index contributed by atoms with van der Waals surface area (Å²) in [5, 5.41) is 7.76. The lowest BCUT2D eigenvalue weighted by Crippen LogP contribution is -2.54. The topological polar surface area (TPSA) is 83.6 Å². The summed E-state index contributed by atoms with van der Waals surface area (Å²) in [5.74, 6) is -1.37. The average molecular weight is 607 g/mol. The molecule has 4 atom stereocenters. The first-order chi connectivity index (χ1) is 22.0. The van der Waals surface area contributed by atoms with Crippen LogP contribution in [0.3, 0.4) is 0 Å². The van der Waals surface area contributed by atoms with Crippen molar-refractivity contribution in [3.05, 3.63) is 102 Å². The van der Waals surface area contributed by atoms with Gasteiger partial charge in [0.1, 0.15) is 5.82 Å². The van der Waals surface area contributed by atoms with Crippen molar-refractivity contribution in [2.24, 2.45) is 11.8 Å². The van der Waals surface area contributed by atoms with Gasteiger partial charge in [-0.3, -0.25) is 14.6 Å². The highest BCUT2D eigenvalue weighted by molar-refractivity contribution is 5.99. The van der Waals surface area contributed by atoms with Gasteiger partial charge in [0.05, 0.1) is 23.0 Å². The van der Waals surface area contributed by atoms with E-state index in [9.17, 15) is 9.59 Å². The summed E-state index contributed by atoms with van der Waals surface area (Å²) in [4.78, 5) is 35.1. The van der Waals surface area contributed by atoms with Crippen LogP contribution < -0.4 is 10.6 Å². The number of aromatic nitrogens is 1. The normalized spacial score (nSPS) is 23.5. The molecule has 1 aliphatic carbocycles. The van der Waals surface area contributed by atoms with Crippen LogP contribution in [0, 0.1) is 24.6 Å². The van der Waals surface area contributed by atoms with E-state index in [-0.39, 0.29) is 29.3 Å². The van der Waals surface area contributed by atoms with Gasteiger partial charge in [-0.2, -0.15) is 0 Å². The molecule has 1 aromatic heterocycles. The maximum atomic E-state index is 15.3. The van der Waals surface area contributed by atoms with Gasteiger partial charge in [0.25, 0.3) is 5.91 Å². The quantitative estimate of drug-likeness (QED) is 0.241. The van der Waals surface area contributed by atoms with Crippen LogP contribution in [0.2, 0.25) is 0 Å². The second-order valence-electron chi connectivity index (χ2n) is 12.7. The number of nitrogens with one attached hydrogen (secondary N) is 2. The predicted molar refractivity (Wildman–Crippen MR) is 174 cm³/mol. The average Bonchev–Trinajstić information content (AvgIpc) is 3.53. The Balaban J connectivity index is 1.26. The number of aryl methyl sites for hydroxylation is 1. The van der Waals surface area contributed by atoms with Gasteiger partial charge >= 0.3 is 0 Å². The number of rotatable bonds is 6. The number of hydrogen-bond acceptors (Lipinski definition) is 5. The highest BCUT2D eigenvalue weighted by Gasteiger charge is 2.50. The molecule has 0 radical (unpaired) electrons. The molecule has 2 amide bonds.